The molecule has 0 bridgehead atoms. The number of aliphatic carboxylic acids is 1. The first-order valence-corrected chi connectivity index (χ1v) is 15.0. The van der Waals surface area contributed by atoms with Gasteiger partial charge in [-0.15, -0.1) is 0 Å². The highest BCUT2D eigenvalue weighted by molar-refractivity contribution is 7.92. The van der Waals surface area contributed by atoms with Crippen molar-refractivity contribution in [2.24, 2.45) is 11.8 Å². The van der Waals surface area contributed by atoms with Crippen LogP contribution in [0.2, 0.25) is 0 Å². The van der Waals surface area contributed by atoms with E-state index in [1.165, 1.54) is 4.90 Å². The molecule has 0 radical (unpaired) electrons. The highest BCUT2D eigenvalue weighted by Crippen LogP contribution is 2.54. The van der Waals surface area contributed by atoms with Crippen LogP contribution in [0.4, 0.5) is 30.7 Å². The Bertz CT molecular complexity index is 1310. The van der Waals surface area contributed by atoms with Gasteiger partial charge in [-0.1, -0.05) is 50.2 Å². The minimum absolute atomic E-state index is 0.0668. The Morgan fingerprint density at radius 2 is 1.49 bits per heavy atom. The topological polar surface area (TPSA) is 80.7 Å². The van der Waals surface area contributed by atoms with Crippen molar-refractivity contribution >= 4 is 23.1 Å². The van der Waals surface area contributed by atoms with Crippen LogP contribution in [0.3, 0.4) is 0 Å². The molecule has 2 aromatic rings. The lowest BCUT2D eigenvalue weighted by molar-refractivity contribution is -0.348. The van der Waals surface area contributed by atoms with Gasteiger partial charge >= 0.3 is 24.0 Å². The number of halogens is 7. The normalized spacial score (nSPS) is 24.3. The van der Waals surface area contributed by atoms with Crippen molar-refractivity contribution in [1.29, 1.82) is 0 Å². The summed E-state index contributed by atoms with van der Waals surface area (Å²) in [6, 6.07) is 9.54. The van der Waals surface area contributed by atoms with E-state index in [2.05, 4.69) is 0 Å². The second kappa shape index (κ2) is 11.9. The lowest BCUT2D eigenvalue weighted by Gasteiger charge is -2.34. The van der Waals surface area contributed by atoms with E-state index in [1.807, 2.05) is 19.9 Å². The third-order valence-corrected chi connectivity index (χ3v) is 10.6. The zero-order chi connectivity index (χ0) is 32.0. The number of rotatable bonds is 7. The monoisotopic (exact) mass is 635 g/mol. The van der Waals surface area contributed by atoms with Gasteiger partial charge in [-0.25, -0.2) is 4.39 Å². The third-order valence-electron chi connectivity index (χ3n) is 8.65. The minimum atomic E-state index is -6.28. The number of carboxylic acids is 1. The van der Waals surface area contributed by atoms with Gasteiger partial charge in [0.2, 0.25) is 5.91 Å². The summed E-state index contributed by atoms with van der Waals surface area (Å²) < 4.78 is 108. The summed E-state index contributed by atoms with van der Waals surface area (Å²) in [5, 5.41) is 9.27. The Labute approximate surface area is 247 Å². The lowest BCUT2D eigenvalue weighted by Crippen LogP contribution is -2.50. The lowest BCUT2D eigenvalue weighted by atomic mass is 9.81. The summed E-state index contributed by atoms with van der Waals surface area (Å²) >= 11 is -1.92. The number of carbonyl (C=O) groups is 2. The molecule has 43 heavy (non-hydrogen) atoms. The van der Waals surface area contributed by atoms with Crippen molar-refractivity contribution in [3.63, 3.8) is 0 Å². The number of hydrogen-bond acceptors (Lipinski definition) is 3. The average Bonchev–Trinajstić information content (AvgIpc) is 3.41. The molecule has 2 aromatic carbocycles. The van der Waals surface area contributed by atoms with Crippen molar-refractivity contribution in [2.75, 3.05) is 13.1 Å². The molecule has 1 saturated heterocycles. The highest BCUT2D eigenvalue weighted by atomic mass is 32.2. The summed E-state index contributed by atoms with van der Waals surface area (Å²) in [5.74, 6) is -2.14. The van der Waals surface area contributed by atoms with Crippen LogP contribution in [0.5, 0.6) is 0 Å². The van der Waals surface area contributed by atoms with Gasteiger partial charge < -0.3 is 14.6 Å². The third kappa shape index (κ3) is 6.11. The van der Waals surface area contributed by atoms with E-state index in [9.17, 15) is 50.0 Å². The average molecular weight is 636 g/mol. The largest absolute Gasteiger partial charge is 0.611 e. The summed E-state index contributed by atoms with van der Waals surface area (Å²) in [6.07, 6.45) is -11.1. The van der Waals surface area contributed by atoms with Gasteiger partial charge in [-0.3, -0.25) is 9.59 Å². The first kappa shape index (κ1) is 33.1. The number of carboxylic acid groups (broad SMARTS) is 1. The molecule has 1 amide bonds. The van der Waals surface area contributed by atoms with Crippen LogP contribution in [0.25, 0.3) is 0 Å². The number of hydrogen-bond donors (Lipinski definition) is 1. The predicted octanol–water partition coefficient (Wildman–Crippen LogP) is 7.23. The molecule has 4 rings (SSSR count). The molecule has 1 saturated carbocycles. The van der Waals surface area contributed by atoms with Crippen LogP contribution >= 0.6 is 0 Å². The second-order valence-corrected chi connectivity index (χ2v) is 13.4. The number of carbonyl (C=O) groups excluding carboxylic acids is 1. The molecule has 2 fully saturated rings. The fraction of sp³-hybridized carbons (Fsp3) is 0.533. The van der Waals surface area contributed by atoms with Gasteiger partial charge in [0.15, 0.2) is 9.64 Å². The van der Waals surface area contributed by atoms with Crippen LogP contribution < -0.4 is 0 Å². The molecular weight excluding hydrogens is 603 g/mol. The molecule has 2 aliphatic rings. The molecule has 2 unspecified atom stereocenters. The molecule has 0 spiro atoms. The van der Waals surface area contributed by atoms with E-state index in [0.717, 1.165) is 17.7 Å². The molecule has 13 heteroatoms. The summed E-state index contributed by atoms with van der Waals surface area (Å²) in [4.78, 5) is 26.7. The number of nitrogens with zero attached hydrogens (tertiary/aromatic N) is 1. The molecule has 1 aliphatic heterocycles. The SMILES string of the molecule is CC(C)c1cccc([S+]([O-])C2(c3ccc(C(F)(C(F)(F)F)C(F)(F)F)cc3)CCN(C(=O)C3CCC(C(=O)O)CC3)C2)c1. The standard InChI is InChI=1S/C30H32F7NO4S/c1-18(2)21-4-3-5-24(16-21)43(42)27(14-15-38(17-27)25(39)19-6-8-20(9-7-19)26(40)41)22-10-12-23(13-11-22)28(31,29(32,33)34)30(35,36)37/h3-5,10-13,16,18-20H,6-9,14-15,17H2,1-2H3,(H,40,41). The van der Waals surface area contributed by atoms with E-state index >= 15 is 0 Å². The quantitative estimate of drug-likeness (QED) is 0.257. The van der Waals surface area contributed by atoms with E-state index < -0.39 is 57.3 Å². The predicted molar refractivity (Wildman–Crippen MR) is 144 cm³/mol. The fourth-order valence-electron chi connectivity index (χ4n) is 6.02. The molecule has 5 nitrogen and oxygen atoms in total. The van der Waals surface area contributed by atoms with Gasteiger partial charge in [0, 0.05) is 30.0 Å². The number of alkyl halides is 7. The maximum atomic E-state index is 14.7. The first-order chi connectivity index (χ1) is 19.9. The number of likely N-dealkylation sites (tertiary alicyclic amines) is 1. The fourth-order valence-corrected chi connectivity index (χ4v) is 7.81. The van der Waals surface area contributed by atoms with E-state index in [0.29, 0.717) is 42.7 Å². The molecule has 1 N–H and O–H groups in total. The van der Waals surface area contributed by atoms with Crippen LogP contribution in [0.15, 0.2) is 53.4 Å². The van der Waals surface area contributed by atoms with Gasteiger partial charge in [0.25, 0.3) is 0 Å². The summed E-state index contributed by atoms with van der Waals surface area (Å²) in [7, 11) is 0. The second-order valence-electron chi connectivity index (χ2n) is 11.6. The molecule has 236 valence electrons. The Balaban J connectivity index is 1.72. The summed E-state index contributed by atoms with van der Waals surface area (Å²) in [5.41, 5.74) is -6.29. The van der Waals surface area contributed by atoms with Crippen LogP contribution in [-0.4, -0.2) is 51.9 Å². The smallest absolute Gasteiger partial charge is 0.435 e. The Morgan fingerprint density at radius 1 is 0.930 bits per heavy atom. The van der Waals surface area contributed by atoms with E-state index in [4.69, 9.17) is 0 Å². The Kier molecular flexibility index (Phi) is 9.20. The van der Waals surface area contributed by atoms with Crippen molar-refractivity contribution in [2.45, 2.75) is 79.5 Å². The Hall–Kier alpha value is -2.80. The highest BCUT2D eigenvalue weighted by Gasteiger charge is 2.73. The van der Waals surface area contributed by atoms with Crippen LogP contribution in [0.1, 0.15) is 68.6 Å². The van der Waals surface area contributed by atoms with Gasteiger partial charge in [-0.05, 0) is 60.5 Å². The van der Waals surface area contributed by atoms with Gasteiger partial charge in [0.05, 0.1) is 12.5 Å². The molecular formula is C30H32F7NO4S. The van der Waals surface area contributed by atoms with Crippen LogP contribution in [-0.2, 0) is 31.2 Å². The molecule has 0 aromatic heterocycles. The number of amides is 1. The first-order valence-electron chi connectivity index (χ1n) is 13.9. The van der Waals surface area contributed by atoms with E-state index in [-0.39, 0.29) is 36.9 Å². The minimum Gasteiger partial charge on any atom is -0.611 e. The van der Waals surface area contributed by atoms with Crippen molar-refractivity contribution < 1.29 is 50.0 Å². The zero-order valence-electron chi connectivity index (χ0n) is 23.5. The van der Waals surface area contributed by atoms with Crippen molar-refractivity contribution in [3.05, 3.63) is 65.2 Å². The van der Waals surface area contributed by atoms with Crippen LogP contribution in [0, 0.1) is 11.8 Å². The van der Waals surface area contributed by atoms with E-state index in [1.54, 1.807) is 18.2 Å². The van der Waals surface area contributed by atoms with Crippen molar-refractivity contribution in [1.82, 2.24) is 4.90 Å². The molecule has 1 aliphatic carbocycles. The molecule has 1 heterocycles. The number of benzene rings is 2. The van der Waals surface area contributed by atoms with Crippen molar-refractivity contribution in [3.8, 4) is 0 Å². The maximum absolute atomic E-state index is 14.7. The van der Waals surface area contributed by atoms with Gasteiger partial charge in [0.1, 0.15) is 0 Å². The Morgan fingerprint density at radius 3 is 2.00 bits per heavy atom. The molecule has 2 atom stereocenters. The summed E-state index contributed by atoms with van der Waals surface area (Å²) in [6.45, 7) is 3.83. The van der Waals surface area contributed by atoms with Gasteiger partial charge in [-0.2, -0.15) is 26.3 Å². The zero-order valence-corrected chi connectivity index (χ0v) is 24.3. The maximum Gasteiger partial charge on any atom is 0.435 e.